The van der Waals surface area contributed by atoms with Crippen molar-refractivity contribution in [1.82, 2.24) is 14.9 Å². The van der Waals surface area contributed by atoms with E-state index in [0.29, 0.717) is 33.8 Å². The van der Waals surface area contributed by atoms with Crippen molar-refractivity contribution in [3.8, 4) is 5.75 Å². The van der Waals surface area contributed by atoms with Gasteiger partial charge in [-0.2, -0.15) is 4.98 Å². The van der Waals surface area contributed by atoms with Crippen molar-refractivity contribution in [2.45, 2.75) is 44.6 Å². The second-order valence-corrected chi connectivity index (χ2v) is 13.7. The van der Waals surface area contributed by atoms with Crippen LogP contribution >= 0.6 is 18.7 Å². The lowest BCUT2D eigenvalue weighted by Gasteiger charge is -2.25. The van der Waals surface area contributed by atoms with Crippen molar-refractivity contribution < 1.29 is 9.67 Å². The molecule has 0 amide bonds. The molecule has 2 aromatic carbocycles. The van der Waals surface area contributed by atoms with Crippen LogP contribution in [0.25, 0.3) is 0 Å². The van der Waals surface area contributed by atoms with Gasteiger partial charge in [0.15, 0.2) is 5.82 Å². The van der Waals surface area contributed by atoms with Gasteiger partial charge in [0.1, 0.15) is 17.9 Å². The van der Waals surface area contributed by atoms with E-state index in [0.717, 1.165) is 18.5 Å². The van der Waals surface area contributed by atoms with Crippen molar-refractivity contribution in [3.05, 3.63) is 58.7 Å². The van der Waals surface area contributed by atoms with E-state index in [1.54, 1.807) is 31.7 Å². The second kappa shape index (κ2) is 10.4. The predicted octanol–water partition coefficient (Wildman–Crippen LogP) is 5.91. The lowest BCUT2D eigenvalue weighted by Crippen LogP contribution is -2.32. The summed E-state index contributed by atoms with van der Waals surface area (Å²) in [4.78, 5) is 11.6. The third kappa shape index (κ3) is 5.69. The molecule has 2 aliphatic rings. The zero-order valence-corrected chi connectivity index (χ0v) is 22.4. The third-order valence-electron chi connectivity index (χ3n) is 7.17. The topological polar surface area (TPSA) is 90.4 Å². The molecule has 0 bridgehead atoms. The molecule has 36 heavy (non-hydrogen) atoms. The van der Waals surface area contributed by atoms with E-state index in [-0.39, 0.29) is 5.75 Å². The molecule has 0 radical (unpaired) electrons. The highest BCUT2D eigenvalue weighted by molar-refractivity contribution is 7.70. The van der Waals surface area contributed by atoms with Gasteiger partial charge in [0.2, 0.25) is 5.95 Å². The molecular weight excluding hydrogens is 493 g/mol. The first-order valence-corrected chi connectivity index (χ1v) is 15.6. The molecule has 1 aromatic heterocycles. The minimum absolute atomic E-state index is 0.0607. The van der Waals surface area contributed by atoms with Crippen molar-refractivity contribution in [3.63, 3.8) is 0 Å². The maximum atomic E-state index is 12.8. The molecule has 190 valence electrons. The Morgan fingerprint density at radius 3 is 2.53 bits per heavy atom. The molecule has 0 spiro atoms. The van der Waals surface area contributed by atoms with E-state index >= 15 is 0 Å². The summed E-state index contributed by atoms with van der Waals surface area (Å²) in [6, 6.07) is 12.0. The van der Waals surface area contributed by atoms with Crippen molar-refractivity contribution in [2.24, 2.45) is 0 Å². The Morgan fingerprint density at radius 1 is 1.03 bits per heavy atom. The number of aryl methyl sites for hydroxylation is 2. The zero-order valence-electron chi connectivity index (χ0n) is 20.8. The molecule has 1 unspecified atom stereocenters. The highest BCUT2D eigenvalue weighted by atomic mass is 35.5. The number of benzene rings is 2. The van der Waals surface area contributed by atoms with Gasteiger partial charge in [-0.1, -0.05) is 17.7 Å². The fourth-order valence-corrected chi connectivity index (χ4v) is 6.58. The molecule has 5 rings (SSSR count). The summed E-state index contributed by atoms with van der Waals surface area (Å²) < 4.78 is 12.8. The van der Waals surface area contributed by atoms with Gasteiger partial charge in [-0.3, -0.25) is 0 Å². The predicted molar refractivity (Wildman–Crippen MR) is 148 cm³/mol. The first kappa shape index (κ1) is 25.1. The highest BCUT2D eigenvalue weighted by Gasteiger charge is 2.24. The second-order valence-electron chi connectivity index (χ2n) is 10.2. The summed E-state index contributed by atoms with van der Waals surface area (Å²) >= 11 is 6.39. The number of phenolic OH excluding ortho intramolecular Hbond substituents is 1. The van der Waals surface area contributed by atoms with Crippen LogP contribution in [0.2, 0.25) is 5.02 Å². The Kier molecular flexibility index (Phi) is 7.25. The average molecular weight is 526 g/mol. The Labute approximate surface area is 217 Å². The summed E-state index contributed by atoms with van der Waals surface area (Å²) in [5.74, 6) is 0.880. The summed E-state index contributed by atoms with van der Waals surface area (Å²) in [5.41, 5.74) is 4.36. The van der Waals surface area contributed by atoms with Gasteiger partial charge in [0.25, 0.3) is 0 Å². The molecule has 3 aromatic rings. The lowest BCUT2D eigenvalue weighted by molar-refractivity contribution is 0.222. The van der Waals surface area contributed by atoms with E-state index in [1.807, 2.05) is 0 Å². The minimum atomic E-state index is -2.66. The number of likely N-dealkylation sites (tertiary alicyclic amines) is 1. The van der Waals surface area contributed by atoms with Crippen LogP contribution in [0.5, 0.6) is 5.75 Å². The van der Waals surface area contributed by atoms with Crippen LogP contribution in [0.4, 0.5) is 23.1 Å². The number of fused-ring (bicyclic) bond motifs is 1. The smallest absolute Gasteiger partial charge is 0.229 e. The third-order valence-corrected chi connectivity index (χ3v) is 8.98. The van der Waals surface area contributed by atoms with Gasteiger partial charge >= 0.3 is 0 Å². The first-order valence-electron chi connectivity index (χ1n) is 12.6. The van der Waals surface area contributed by atoms with Crippen LogP contribution in [0, 0.1) is 0 Å². The van der Waals surface area contributed by atoms with Crippen LogP contribution in [0.1, 0.15) is 36.8 Å². The Bertz CT molecular complexity index is 1310. The molecule has 3 N–H and O–H groups in total. The fourth-order valence-electron chi connectivity index (χ4n) is 5.28. The van der Waals surface area contributed by atoms with Gasteiger partial charge in [0.05, 0.1) is 11.9 Å². The van der Waals surface area contributed by atoms with Crippen LogP contribution in [0.15, 0.2) is 42.6 Å². The van der Waals surface area contributed by atoms with E-state index < -0.39 is 7.14 Å². The van der Waals surface area contributed by atoms with Gasteiger partial charge in [-0.05, 0) is 106 Å². The largest absolute Gasteiger partial charge is 0.508 e. The number of aromatic hydroxyl groups is 1. The normalized spacial score (nSPS) is 18.5. The van der Waals surface area contributed by atoms with E-state index in [4.69, 9.17) is 11.6 Å². The minimum Gasteiger partial charge on any atom is -0.508 e. The van der Waals surface area contributed by atoms with E-state index in [2.05, 4.69) is 43.7 Å². The molecule has 1 fully saturated rings. The molecule has 0 saturated carbocycles. The highest BCUT2D eigenvalue weighted by Crippen LogP contribution is 2.40. The van der Waals surface area contributed by atoms with Gasteiger partial charge in [0, 0.05) is 17.0 Å². The molecule has 1 atom stereocenters. The Morgan fingerprint density at radius 2 is 1.78 bits per heavy atom. The van der Waals surface area contributed by atoms with Crippen LogP contribution in [0.3, 0.4) is 0 Å². The molecule has 9 heteroatoms. The number of nitrogens with one attached hydrogen (secondary N) is 2. The number of nitrogens with zero attached hydrogens (tertiary/aromatic N) is 3. The average Bonchev–Trinajstić information content (AvgIpc) is 3.29. The number of hydrogen-bond donors (Lipinski definition) is 3. The number of hydrogen-bond acceptors (Lipinski definition) is 7. The lowest BCUT2D eigenvalue weighted by atomic mass is 10.0. The molecule has 1 saturated heterocycles. The molecular formula is C27H33ClN5O2P. The van der Waals surface area contributed by atoms with Gasteiger partial charge < -0.3 is 25.2 Å². The van der Waals surface area contributed by atoms with Gasteiger partial charge in [-0.15, -0.1) is 0 Å². The summed E-state index contributed by atoms with van der Waals surface area (Å²) in [5, 5.41) is 17.3. The molecule has 2 heterocycles. The Balaban J connectivity index is 1.33. The van der Waals surface area contributed by atoms with Crippen LogP contribution in [-0.2, 0) is 17.4 Å². The maximum absolute atomic E-state index is 12.8. The molecule has 1 aliphatic carbocycles. The van der Waals surface area contributed by atoms with Gasteiger partial charge in [-0.25, -0.2) is 4.98 Å². The standard InChI is InChI=1S/C27H33ClN5O2P/c1-36(2,35)25-16-22(34)11-12-24(25)31-26-23(28)17-29-27(32-26)30-20-8-5-18-6-9-21(10-7-19(18)15-20)33-13-3-4-14-33/h5,8,11-12,15-17,21,34H,3-4,6-7,9-10,13-14H2,1-2H3,(H2,29,30,31,32). The summed E-state index contributed by atoms with van der Waals surface area (Å²) in [6.45, 7) is 5.82. The molecule has 7 nitrogen and oxygen atoms in total. The fraction of sp³-hybridized carbons (Fsp3) is 0.407. The zero-order chi connectivity index (χ0) is 25.3. The molecule has 1 aliphatic heterocycles. The van der Waals surface area contributed by atoms with Crippen molar-refractivity contribution >= 4 is 47.2 Å². The van der Waals surface area contributed by atoms with E-state index in [9.17, 15) is 9.67 Å². The number of halogens is 1. The number of anilines is 4. The van der Waals surface area contributed by atoms with E-state index in [1.165, 1.54) is 56.0 Å². The van der Waals surface area contributed by atoms with Crippen molar-refractivity contribution in [1.29, 1.82) is 0 Å². The maximum Gasteiger partial charge on any atom is 0.229 e. The van der Waals surface area contributed by atoms with Crippen LogP contribution < -0.4 is 15.9 Å². The SMILES string of the molecule is CP(C)(=O)c1cc(O)ccc1Nc1nc(Nc2ccc3c(c2)CCC(N2CCCC2)CC3)ncc1Cl. The number of phenols is 1. The summed E-state index contributed by atoms with van der Waals surface area (Å²) in [6.07, 6.45) is 8.85. The number of rotatable bonds is 6. The quantitative estimate of drug-likeness (QED) is 0.209. The first-order chi connectivity index (χ1) is 17.3. The van der Waals surface area contributed by atoms with Crippen molar-refractivity contribution in [2.75, 3.05) is 37.1 Å². The van der Waals surface area contributed by atoms with Crippen LogP contribution in [-0.4, -0.2) is 52.4 Å². The number of aromatic nitrogens is 2. The Hall–Kier alpha value is -2.60. The summed E-state index contributed by atoms with van der Waals surface area (Å²) in [7, 11) is -2.66. The monoisotopic (exact) mass is 525 g/mol.